The zero-order valence-corrected chi connectivity index (χ0v) is 11.2. The van der Waals surface area contributed by atoms with E-state index in [0.29, 0.717) is 16.6 Å². The summed E-state index contributed by atoms with van der Waals surface area (Å²) in [6.45, 7) is 3.25. The van der Waals surface area contributed by atoms with Crippen molar-refractivity contribution in [2.75, 3.05) is 11.4 Å². The summed E-state index contributed by atoms with van der Waals surface area (Å²) >= 11 is 6.30. The first-order valence-electron chi connectivity index (χ1n) is 6.17. The predicted molar refractivity (Wildman–Crippen MR) is 74.6 cm³/mol. The van der Waals surface area contributed by atoms with Gasteiger partial charge in [-0.15, -0.1) is 0 Å². The molecule has 1 heterocycles. The Balaban J connectivity index is 2.29. The van der Waals surface area contributed by atoms with Gasteiger partial charge in [0.15, 0.2) is 5.84 Å². The van der Waals surface area contributed by atoms with Crippen LogP contribution in [-0.4, -0.2) is 23.6 Å². The summed E-state index contributed by atoms with van der Waals surface area (Å²) in [4.78, 5) is 2.32. The molecule has 0 amide bonds. The maximum Gasteiger partial charge on any atom is 0.170 e. The van der Waals surface area contributed by atoms with Crippen molar-refractivity contribution in [1.82, 2.24) is 0 Å². The summed E-state index contributed by atoms with van der Waals surface area (Å²) in [5.74, 6) is 0.0788. The molecule has 98 valence electrons. The number of anilines is 1. The van der Waals surface area contributed by atoms with Gasteiger partial charge in [-0.05, 0) is 44.4 Å². The highest BCUT2D eigenvalue weighted by Gasteiger charge is 2.20. The molecule has 0 aromatic heterocycles. The van der Waals surface area contributed by atoms with Gasteiger partial charge in [-0.3, -0.25) is 0 Å². The highest BCUT2D eigenvalue weighted by atomic mass is 35.5. The van der Waals surface area contributed by atoms with E-state index in [1.54, 1.807) is 6.07 Å². The lowest BCUT2D eigenvalue weighted by atomic mass is 10.0. The molecular weight excluding hydrogens is 250 g/mol. The maximum atomic E-state index is 8.65. The minimum Gasteiger partial charge on any atom is -0.409 e. The fourth-order valence-electron chi connectivity index (χ4n) is 2.41. The lowest BCUT2D eigenvalue weighted by molar-refractivity contribution is 0.318. The minimum atomic E-state index is 0.0788. The zero-order valence-electron chi connectivity index (χ0n) is 10.4. The summed E-state index contributed by atoms with van der Waals surface area (Å²) in [7, 11) is 0. The molecule has 1 aromatic rings. The standard InChI is InChI=1S/C13H18ClN3O/c1-9-4-2-3-7-17(9)12-6-5-10(8-11(12)14)13(15)16-18/h5-6,8-9,18H,2-4,7H2,1H3,(H2,15,16). The average molecular weight is 268 g/mol. The normalized spacial score (nSPS) is 21.1. The molecule has 5 heteroatoms. The number of hydrogen-bond acceptors (Lipinski definition) is 3. The molecule has 0 saturated carbocycles. The van der Waals surface area contributed by atoms with E-state index < -0.39 is 0 Å². The third-order valence-corrected chi connectivity index (χ3v) is 3.77. The Morgan fingerprint density at radius 1 is 1.50 bits per heavy atom. The fourth-order valence-corrected chi connectivity index (χ4v) is 2.70. The molecule has 1 aliphatic rings. The van der Waals surface area contributed by atoms with Crippen LogP contribution >= 0.6 is 11.6 Å². The first-order chi connectivity index (χ1) is 8.63. The van der Waals surface area contributed by atoms with E-state index in [1.165, 1.54) is 19.3 Å². The van der Waals surface area contributed by atoms with Crippen LogP contribution in [-0.2, 0) is 0 Å². The van der Waals surface area contributed by atoms with Crippen LogP contribution in [0.2, 0.25) is 5.02 Å². The van der Waals surface area contributed by atoms with Crippen molar-refractivity contribution in [3.05, 3.63) is 28.8 Å². The molecule has 0 aliphatic carbocycles. The van der Waals surface area contributed by atoms with E-state index in [9.17, 15) is 0 Å². The predicted octanol–water partition coefficient (Wildman–Crippen LogP) is 2.81. The molecule has 0 bridgehead atoms. The third-order valence-electron chi connectivity index (χ3n) is 3.46. The van der Waals surface area contributed by atoms with Gasteiger partial charge in [-0.25, -0.2) is 0 Å². The Morgan fingerprint density at radius 3 is 2.89 bits per heavy atom. The highest BCUT2D eigenvalue weighted by Crippen LogP contribution is 2.31. The van der Waals surface area contributed by atoms with Gasteiger partial charge in [0, 0.05) is 18.2 Å². The van der Waals surface area contributed by atoms with E-state index in [-0.39, 0.29) is 5.84 Å². The quantitative estimate of drug-likeness (QED) is 0.375. The Kier molecular flexibility index (Phi) is 3.97. The second-order valence-electron chi connectivity index (χ2n) is 4.69. The van der Waals surface area contributed by atoms with Gasteiger partial charge in [0.2, 0.25) is 0 Å². The third kappa shape index (κ3) is 2.53. The smallest absolute Gasteiger partial charge is 0.170 e. The number of nitrogens with two attached hydrogens (primary N) is 1. The Bertz CT molecular complexity index is 462. The van der Waals surface area contributed by atoms with E-state index >= 15 is 0 Å². The van der Waals surface area contributed by atoms with Crippen LogP contribution in [0.15, 0.2) is 23.4 Å². The van der Waals surface area contributed by atoms with Crippen molar-refractivity contribution < 1.29 is 5.21 Å². The van der Waals surface area contributed by atoms with E-state index in [2.05, 4.69) is 17.0 Å². The molecule has 18 heavy (non-hydrogen) atoms. The first-order valence-corrected chi connectivity index (χ1v) is 6.55. The minimum absolute atomic E-state index is 0.0788. The number of oxime groups is 1. The van der Waals surface area contributed by atoms with Crippen molar-refractivity contribution in [2.45, 2.75) is 32.2 Å². The van der Waals surface area contributed by atoms with Crippen molar-refractivity contribution in [1.29, 1.82) is 0 Å². The Hall–Kier alpha value is -1.42. The molecule has 1 atom stereocenters. The maximum absolute atomic E-state index is 8.65. The number of benzene rings is 1. The van der Waals surface area contributed by atoms with Crippen LogP contribution in [0.4, 0.5) is 5.69 Å². The molecule has 0 radical (unpaired) electrons. The largest absolute Gasteiger partial charge is 0.409 e. The van der Waals surface area contributed by atoms with Gasteiger partial charge in [-0.2, -0.15) is 0 Å². The molecule has 4 nitrogen and oxygen atoms in total. The average Bonchev–Trinajstić information content (AvgIpc) is 2.39. The van der Waals surface area contributed by atoms with Gasteiger partial charge >= 0.3 is 0 Å². The van der Waals surface area contributed by atoms with Gasteiger partial charge < -0.3 is 15.8 Å². The van der Waals surface area contributed by atoms with E-state index in [1.807, 2.05) is 12.1 Å². The second kappa shape index (κ2) is 5.48. The first kappa shape index (κ1) is 13.0. The number of amidine groups is 1. The SMILES string of the molecule is CC1CCCCN1c1ccc(C(N)=NO)cc1Cl. The molecule has 0 spiro atoms. The molecule has 1 aromatic carbocycles. The van der Waals surface area contributed by atoms with E-state index in [0.717, 1.165) is 12.2 Å². The summed E-state index contributed by atoms with van der Waals surface area (Å²) < 4.78 is 0. The number of piperidine rings is 1. The van der Waals surface area contributed by atoms with Crippen molar-refractivity contribution in [2.24, 2.45) is 10.9 Å². The summed E-state index contributed by atoms with van der Waals surface area (Å²) in [6, 6.07) is 6.02. The monoisotopic (exact) mass is 267 g/mol. The zero-order chi connectivity index (χ0) is 13.1. The van der Waals surface area contributed by atoms with Gasteiger partial charge in [0.05, 0.1) is 10.7 Å². The van der Waals surface area contributed by atoms with Crippen LogP contribution in [0.1, 0.15) is 31.7 Å². The van der Waals surface area contributed by atoms with E-state index in [4.69, 9.17) is 22.5 Å². The molecule has 1 unspecified atom stereocenters. The number of nitrogens with zero attached hydrogens (tertiary/aromatic N) is 2. The number of hydrogen-bond donors (Lipinski definition) is 2. The van der Waals surface area contributed by atoms with Crippen LogP contribution in [0.25, 0.3) is 0 Å². The molecule has 1 fully saturated rings. The van der Waals surface area contributed by atoms with Gasteiger partial charge in [-0.1, -0.05) is 16.8 Å². The molecular formula is C13H18ClN3O. The summed E-state index contributed by atoms with van der Waals surface area (Å²) in [6.07, 6.45) is 3.67. The van der Waals surface area contributed by atoms with Crippen molar-refractivity contribution >= 4 is 23.1 Å². The molecule has 1 saturated heterocycles. The lowest BCUT2D eigenvalue weighted by Crippen LogP contribution is -2.37. The van der Waals surface area contributed by atoms with Crippen LogP contribution in [0.5, 0.6) is 0 Å². The Morgan fingerprint density at radius 2 is 2.28 bits per heavy atom. The second-order valence-corrected chi connectivity index (χ2v) is 5.10. The van der Waals surface area contributed by atoms with Gasteiger partial charge in [0.1, 0.15) is 0 Å². The lowest BCUT2D eigenvalue weighted by Gasteiger charge is -2.36. The number of rotatable bonds is 2. The van der Waals surface area contributed by atoms with Crippen LogP contribution in [0.3, 0.4) is 0 Å². The molecule has 2 rings (SSSR count). The summed E-state index contributed by atoms with van der Waals surface area (Å²) in [5.41, 5.74) is 7.21. The fraction of sp³-hybridized carbons (Fsp3) is 0.462. The highest BCUT2D eigenvalue weighted by molar-refractivity contribution is 6.33. The van der Waals surface area contributed by atoms with Gasteiger partial charge in [0.25, 0.3) is 0 Å². The van der Waals surface area contributed by atoms with Crippen molar-refractivity contribution in [3.63, 3.8) is 0 Å². The van der Waals surface area contributed by atoms with Crippen molar-refractivity contribution in [3.8, 4) is 0 Å². The molecule has 3 N–H and O–H groups in total. The van der Waals surface area contributed by atoms with Crippen LogP contribution < -0.4 is 10.6 Å². The summed E-state index contributed by atoms with van der Waals surface area (Å²) in [5, 5.41) is 12.3. The topological polar surface area (TPSA) is 61.8 Å². The molecule has 1 aliphatic heterocycles. The van der Waals surface area contributed by atoms with Crippen LogP contribution in [0, 0.1) is 0 Å². The Labute approximate surface area is 112 Å². The number of halogens is 1.